The van der Waals surface area contributed by atoms with Crippen molar-refractivity contribution in [2.75, 3.05) is 20.2 Å². The lowest BCUT2D eigenvalue weighted by molar-refractivity contribution is -0.146. The quantitative estimate of drug-likeness (QED) is 0.729. The summed E-state index contributed by atoms with van der Waals surface area (Å²) in [6, 6.07) is 1.44. The van der Waals surface area contributed by atoms with Crippen LogP contribution in [0.4, 0.5) is 0 Å². The molecule has 20 heavy (non-hydrogen) atoms. The van der Waals surface area contributed by atoms with E-state index in [1.807, 2.05) is 0 Å². The average Bonchev–Trinajstić information content (AvgIpc) is 2.78. The van der Waals surface area contributed by atoms with Crippen molar-refractivity contribution >= 4 is 54.9 Å². The van der Waals surface area contributed by atoms with Gasteiger partial charge in [-0.15, -0.1) is 11.3 Å². The van der Waals surface area contributed by atoms with E-state index in [2.05, 4.69) is 20.7 Å². The topological polar surface area (TPSA) is 63.7 Å². The van der Waals surface area contributed by atoms with Gasteiger partial charge in [0.1, 0.15) is 4.21 Å². The number of methoxy groups -OCH3 is 1. The largest absolute Gasteiger partial charge is 0.469 e. The Morgan fingerprint density at radius 2 is 2.10 bits per heavy atom. The smallest absolute Gasteiger partial charge is 0.308 e. The van der Waals surface area contributed by atoms with Crippen LogP contribution in [0.15, 0.2) is 14.1 Å². The Hall–Kier alpha value is -0.150. The van der Waals surface area contributed by atoms with Crippen LogP contribution in [0.5, 0.6) is 0 Å². The van der Waals surface area contributed by atoms with Crippen molar-refractivity contribution in [3.8, 4) is 0 Å². The number of rotatable bonds is 3. The first-order valence-electron chi connectivity index (χ1n) is 5.89. The van der Waals surface area contributed by atoms with E-state index >= 15 is 0 Å². The fourth-order valence-corrected chi connectivity index (χ4v) is 6.10. The van der Waals surface area contributed by atoms with E-state index in [0.29, 0.717) is 34.7 Å². The first-order valence-corrected chi connectivity index (χ1v) is 9.32. The second-order valence-electron chi connectivity index (χ2n) is 4.39. The second kappa shape index (κ2) is 6.31. The van der Waals surface area contributed by atoms with Gasteiger partial charge in [-0.05, 0) is 34.8 Å². The molecule has 0 saturated carbocycles. The van der Waals surface area contributed by atoms with Gasteiger partial charge in [0, 0.05) is 13.1 Å². The number of hydrogen-bond donors (Lipinski definition) is 0. The summed E-state index contributed by atoms with van der Waals surface area (Å²) < 4.78 is 31.8. The van der Waals surface area contributed by atoms with Gasteiger partial charge in [-0.3, -0.25) is 4.79 Å². The highest BCUT2D eigenvalue weighted by Crippen LogP contribution is 2.36. The van der Waals surface area contributed by atoms with Crippen LogP contribution in [-0.2, 0) is 19.6 Å². The number of sulfonamides is 1. The minimum atomic E-state index is -3.53. The third-order valence-corrected chi connectivity index (χ3v) is 8.03. The van der Waals surface area contributed by atoms with Gasteiger partial charge in [0.15, 0.2) is 0 Å². The molecule has 2 rings (SSSR count). The summed E-state index contributed by atoms with van der Waals surface area (Å²) in [7, 11) is -2.19. The van der Waals surface area contributed by atoms with Gasteiger partial charge in [-0.1, -0.05) is 11.6 Å². The van der Waals surface area contributed by atoms with Crippen LogP contribution in [0.1, 0.15) is 12.8 Å². The van der Waals surface area contributed by atoms with Crippen molar-refractivity contribution in [2.45, 2.75) is 17.1 Å². The minimum Gasteiger partial charge on any atom is -0.469 e. The zero-order valence-electron chi connectivity index (χ0n) is 10.6. The molecule has 0 bridgehead atoms. The first-order chi connectivity index (χ1) is 9.36. The number of esters is 1. The van der Waals surface area contributed by atoms with Crippen LogP contribution in [0, 0.1) is 5.92 Å². The summed E-state index contributed by atoms with van der Waals surface area (Å²) >= 11 is 10.2. The van der Waals surface area contributed by atoms with Gasteiger partial charge in [0.2, 0.25) is 0 Å². The number of carbonyl (C=O) groups excluding carboxylic acids is 1. The average molecular weight is 403 g/mol. The van der Waals surface area contributed by atoms with Gasteiger partial charge in [-0.2, -0.15) is 4.31 Å². The minimum absolute atomic E-state index is 0.214. The standard InChI is InChI=1S/C11H13BrClNO4S2/c1-18-11(15)7-2-4-14(5-3-7)20(16,17)9-6-8(13)10(12)19-9/h6-7H,2-5H2,1H3. The highest BCUT2D eigenvalue weighted by atomic mass is 79.9. The van der Waals surface area contributed by atoms with Gasteiger partial charge in [0.25, 0.3) is 10.0 Å². The molecule has 2 heterocycles. The van der Waals surface area contributed by atoms with Gasteiger partial charge >= 0.3 is 5.97 Å². The lowest BCUT2D eigenvalue weighted by atomic mass is 9.99. The Labute approximate surface area is 135 Å². The van der Waals surface area contributed by atoms with Crippen molar-refractivity contribution in [2.24, 2.45) is 5.92 Å². The third kappa shape index (κ3) is 3.19. The molecule has 112 valence electrons. The zero-order chi connectivity index (χ0) is 14.9. The Bertz CT molecular complexity index is 588. The molecule has 0 amide bonds. The monoisotopic (exact) mass is 401 g/mol. The number of piperidine rings is 1. The van der Waals surface area contributed by atoms with Crippen LogP contribution >= 0.6 is 38.9 Å². The lowest BCUT2D eigenvalue weighted by Gasteiger charge is -2.29. The van der Waals surface area contributed by atoms with Crippen molar-refractivity contribution < 1.29 is 17.9 Å². The van der Waals surface area contributed by atoms with E-state index in [0.717, 1.165) is 11.3 Å². The first kappa shape index (κ1) is 16.2. The van der Waals surface area contributed by atoms with E-state index in [9.17, 15) is 13.2 Å². The molecule has 0 spiro atoms. The Morgan fingerprint density at radius 1 is 1.50 bits per heavy atom. The molecule has 9 heteroatoms. The van der Waals surface area contributed by atoms with Crippen molar-refractivity contribution in [3.05, 3.63) is 14.9 Å². The molecule has 1 aliphatic rings. The van der Waals surface area contributed by atoms with Crippen molar-refractivity contribution in [1.82, 2.24) is 4.31 Å². The molecule has 1 aliphatic heterocycles. The highest BCUT2D eigenvalue weighted by molar-refractivity contribution is 9.11. The fourth-order valence-electron chi connectivity index (χ4n) is 2.08. The maximum Gasteiger partial charge on any atom is 0.308 e. The van der Waals surface area contributed by atoms with Crippen LogP contribution in [0.3, 0.4) is 0 Å². The van der Waals surface area contributed by atoms with E-state index in [4.69, 9.17) is 11.6 Å². The Balaban J connectivity index is 2.11. The summed E-state index contributed by atoms with van der Waals surface area (Å²) in [6.45, 7) is 0.629. The van der Waals surface area contributed by atoms with Crippen molar-refractivity contribution in [1.29, 1.82) is 0 Å². The van der Waals surface area contributed by atoms with Crippen LogP contribution in [0.25, 0.3) is 0 Å². The van der Waals surface area contributed by atoms with Gasteiger partial charge in [0.05, 0.1) is 21.8 Å². The summed E-state index contributed by atoms with van der Waals surface area (Å²) in [5.74, 6) is -0.492. The third-order valence-electron chi connectivity index (χ3n) is 3.21. The molecule has 0 radical (unpaired) electrons. The maximum atomic E-state index is 12.4. The summed E-state index contributed by atoms with van der Waals surface area (Å²) in [4.78, 5) is 11.4. The molecule has 1 aromatic heterocycles. The fraction of sp³-hybridized carbons (Fsp3) is 0.545. The number of halogens is 2. The molecule has 0 aromatic carbocycles. The number of ether oxygens (including phenoxy) is 1. The lowest BCUT2D eigenvalue weighted by Crippen LogP contribution is -2.40. The highest BCUT2D eigenvalue weighted by Gasteiger charge is 2.33. The van der Waals surface area contributed by atoms with Gasteiger partial charge < -0.3 is 4.74 Å². The van der Waals surface area contributed by atoms with Crippen molar-refractivity contribution in [3.63, 3.8) is 0 Å². The molecule has 1 aromatic rings. The van der Waals surface area contributed by atoms with Crippen LogP contribution in [0.2, 0.25) is 5.02 Å². The number of carbonyl (C=O) groups is 1. The second-order valence-corrected chi connectivity index (χ2v) is 9.33. The summed E-state index contributed by atoms with van der Waals surface area (Å²) in [5, 5.41) is 0.387. The molecular weight excluding hydrogens is 390 g/mol. The predicted octanol–water partition coefficient (Wildman–Crippen LogP) is 2.74. The predicted molar refractivity (Wildman–Crippen MR) is 80.5 cm³/mol. The molecule has 5 nitrogen and oxygen atoms in total. The molecule has 1 saturated heterocycles. The van der Waals surface area contributed by atoms with E-state index in [1.54, 1.807) is 0 Å². The normalized spacial score (nSPS) is 18.1. The SMILES string of the molecule is COC(=O)C1CCN(S(=O)(=O)c2cc(Cl)c(Br)s2)CC1. The van der Waals surface area contributed by atoms with E-state index < -0.39 is 10.0 Å². The number of hydrogen-bond acceptors (Lipinski definition) is 5. The molecular formula is C11H13BrClNO4S2. The maximum absolute atomic E-state index is 12.4. The number of thiophene rings is 1. The summed E-state index contributed by atoms with van der Waals surface area (Å²) in [6.07, 6.45) is 0.957. The molecule has 0 aliphatic carbocycles. The molecule has 0 atom stereocenters. The van der Waals surface area contributed by atoms with Crippen LogP contribution in [-0.4, -0.2) is 38.9 Å². The molecule has 0 unspecified atom stereocenters. The summed E-state index contributed by atoms with van der Waals surface area (Å²) in [5.41, 5.74) is 0. The zero-order valence-corrected chi connectivity index (χ0v) is 14.6. The van der Waals surface area contributed by atoms with Gasteiger partial charge in [-0.25, -0.2) is 8.42 Å². The Kier molecular flexibility index (Phi) is 5.12. The van der Waals surface area contributed by atoms with Crippen LogP contribution < -0.4 is 0 Å². The van der Waals surface area contributed by atoms with E-state index in [-0.39, 0.29) is 16.1 Å². The Morgan fingerprint density at radius 3 is 2.55 bits per heavy atom. The van der Waals surface area contributed by atoms with E-state index in [1.165, 1.54) is 17.5 Å². The number of nitrogens with zero attached hydrogens (tertiary/aromatic N) is 1. The molecule has 0 N–H and O–H groups in total. The molecule has 1 fully saturated rings.